The summed E-state index contributed by atoms with van der Waals surface area (Å²) in [6.07, 6.45) is 5.88. The van der Waals surface area contributed by atoms with Crippen LogP contribution in [0.25, 0.3) is 10.9 Å². The third-order valence-electron chi connectivity index (χ3n) is 4.87. The number of Topliss-reactive ketones (excluding diaryl/α,β-unsaturated/α-hetero) is 1. The minimum atomic E-state index is 0.338. The maximum atomic E-state index is 12.6. The van der Waals surface area contributed by atoms with Gasteiger partial charge in [0.1, 0.15) is 0 Å². The average molecular weight is 239 g/mol. The molecule has 2 saturated carbocycles. The van der Waals surface area contributed by atoms with Gasteiger partial charge in [-0.1, -0.05) is 24.6 Å². The molecule has 1 aromatic carbocycles. The average Bonchev–Trinajstić information content (AvgIpc) is 2.75. The van der Waals surface area contributed by atoms with Gasteiger partial charge in [-0.3, -0.25) is 4.79 Å². The Balaban J connectivity index is 1.77. The van der Waals surface area contributed by atoms with Crippen molar-refractivity contribution in [2.24, 2.45) is 24.8 Å². The molecule has 92 valence electrons. The smallest absolute Gasteiger partial charge is 0.168 e. The van der Waals surface area contributed by atoms with Gasteiger partial charge in [0.25, 0.3) is 0 Å². The Morgan fingerprint density at radius 2 is 1.94 bits per heavy atom. The second-order valence-corrected chi connectivity index (χ2v) is 5.82. The molecular formula is C16H17NO. The quantitative estimate of drug-likeness (QED) is 0.736. The van der Waals surface area contributed by atoms with Crippen molar-refractivity contribution >= 4 is 16.7 Å². The van der Waals surface area contributed by atoms with Gasteiger partial charge in [0.15, 0.2) is 5.78 Å². The zero-order valence-corrected chi connectivity index (χ0v) is 10.6. The number of hydrogen-bond acceptors (Lipinski definition) is 1. The van der Waals surface area contributed by atoms with Crippen molar-refractivity contribution in [2.45, 2.75) is 19.3 Å². The molecule has 1 heterocycles. The van der Waals surface area contributed by atoms with E-state index in [0.29, 0.717) is 23.5 Å². The fourth-order valence-corrected chi connectivity index (χ4v) is 3.93. The molecule has 0 bridgehead atoms. The molecule has 0 amide bonds. The van der Waals surface area contributed by atoms with Crippen molar-refractivity contribution in [3.8, 4) is 0 Å². The Kier molecular flexibility index (Phi) is 2.00. The van der Waals surface area contributed by atoms with E-state index in [-0.39, 0.29) is 0 Å². The van der Waals surface area contributed by atoms with Gasteiger partial charge in [-0.15, -0.1) is 0 Å². The number of aryl methyl sites for hydroxylation is 1. The first-order valence-electron chi connectivity index (χ1n) is 6.85. The van der Waals surface area contributed by atoms with Crippen molar-refractivity contribution < 1.29 is 4.79 Å². The van der Waals surface area contributed by atoms with Crippen LogP contribution in [0.3, 0.4) is 0 Å². The van der Waals surface area contributed by atoms with Crippen LogP contribution in [0.4, 0.5) is 0 Å². The van der Waals surface area contributed by atoms with Crippen molar-refractivity contribution in [3.63, 3.8) is 0 Å². The molecule has 0 radical (unpaired) electrons. The number of hydrogen-bond donors (Lipinski definition) is 0. The summed E-state index contributed by atoms with van der Waals surface area (Å²) in [5.41, 5.74) is 2.10. The van der Waals surface area contributed by atoms with Crippen LogP contribution in [0.15, 0.2) is 30.5 Å². The molecule has 2 unspecified atom stereocenters. The summed E-state index contributed by atoms with van der Waals surface area (Å²) in [5, 5.41) is 1.12. The first kappa shape index (κ1) is 10.4. The van der Waals surface area contributed by atoms with E-state index in [2.05, 4.69) is 16.7 Å². The molecule has 2 heteroatoms. The Labute approximate surface area is 107 Å². The van der Waals surface area contributed by atoms with Crippen LogP contribution in [0.2, 0.25) is 0 Å². The summed E-state index contributed by atoms with van der Waals surface area (Å²) >= 11 is 0. The number of fused-ring (bicyclic) bond motifs is 2. The van der Waals surface area contributed by atoms with E-state index < -0.39 is 0 Å². The molecule has 2 aliphatic carbocycles. The first-order valence-corrected chi connectivity index (χ1v) is 6.85. The predicted molar refractivity (Wildman–Crippen MR) is 71.6 cm³/mol. The van der Waals surface area contributed by atoms with E-state index in [0.717, 1.165) is 16.5 Å². The molecule has 18 heavy (non-hydrogen) atoms. The Morgan fingerprint density at radius 3 is 2.72 bits per heavy atom. The second-order valence-electron chi connectivity index (χ2n) is 5.82. The summed E-state index contributed by atoms with van der Waals surface area (Å²) < 4.78 is 2.07. The van der Waals surface area contributed by atoms with E-state index in [1.165, 1.54) is 19.3 Å². The highest BCUT2D eigenvalue weighted by Crippen LogP contribution is 2.58. The number of aromatic nitrogens is 1. The van der Waals surface area contributed by atoms with Gasteiger partial charge < -0.3 is 4.57 Å². The van der Waals surface area contributed by atoms with Crippen LogP contribution in [-0.4, -0.2) is 10.4 Å². The van der Waals surface area contributed by atoms with Gasteiger partial charge in [-0.05, 0) is 30.7 Å². The highest BCUT2D eigenvalue weighted by molar-refractivity contribution is 6.10. The summed E-state index contributed by atoms with van der Waals surface area (Å²) in [6.45, 7) is 0. The van der Waals surface area contributed by atoms with Crippen LogP contribution < -0.4 is 0 Å². The lowest BCUT2D eigenvalue weighted by Crippen LogP contribution is -2.05. The molecule has 0 aliphatic heterocycles. The second kappa shape index (κ2) is 3.47. The number of carbonyl (C=O) groups is 1. The number of benzene rings is 1. The number of ketones is 1. The normalized spacial score (nSPS) is 29.5. The van der Waals surface area contributed by atoms with E-state index in [9.17, 15) is 4.79 Å². The zero-order valence-electron chi connectivity index (χ0n) is 10.6. The topological polar surface area (TPSA) is 22.0 Å². The van der Waals surface area contributed by atoms with E-state index in [1.54, 1.807) is 0 Å². The van der Waals surface area contributed by atoms with E-state index in [4.69, 9.17) is 0 Å². The maximum absolute atomic E-state index is 12.6. The summed E-state index contributed by atoms with van der Waals surface area (Å²) in [6, 6.07) is 8.20. The van der Waals surface area contributed by atoms with Crippen LogP contribution >= 0.6 is 0 Å². The molecule has 4 rings (SSSR count). The Bertz CT molecular complexity index is 630. The van der Waals surface area contributed by atoms with Gasteiger partial charge in [-0.2, -0.15) is 0 Å². The van der Waals surface area contributed by atoms with Crippen LogP contribution in [0, 0.1) is 17.8 Å². The number of carbonyl (C=O) groups excluding carboxylic acids is 1. The lowest BCUT2D eigenvalue weighted by Gasteiger charge is -2.01. The van der Waals surface area contributed by atoms with Crippen molar-refractivity contribution in [2.75, 3.05) is 0 Å². The maximum Gasteiger partial charge on any atom is 0.168 e. The molecule has 2 aromatic rings. The number of para-hydroxylation sites is 1. The van der Waals surface area contributed by atoms with Crippen molar-refractivity contribution in [1.29, 1.82) is 0 Å². The molecule has 0 N–H and O–H groups in total. The molecule has 2 atom stereocenters. The van der Waals surface area contributed by atoms with Crippen molar-refractivity contribution in [3.05, 3.63) is 36.0 Å². The van der Waals surface area contributed by atoms with Gasteiger partial charge in [0.05, 0.1) is 0 Å². The van der Waals surface area contributed by atoms with Gasteiger partial charge in [0.2, 0.25) is 0 Å². The first-order chi connectivity index (χ1) is 8.77. The molecule has 0 spiro atoms. The fourth-order valence-electron chi connectivity index (χ4n) is 3.93. The number of nitrogens with zero attached hydrogens (tertiary/aromatic N) is 1. The highest BCUT2D eigenvalue weighted by Gasteiger charge is 2.56. The number of rotatable bonds is 2. The fraction of sp³-hybridized carbons (Fsp3) is 0.438. The van der Waals surface area contributed by atoms with Gasteiger partial charge in [0, 0.05) is 35.6 Å². The highest BCUT2D eigenvalue weighted by atomic mass is 16.1. The summed E-state index contributed by atoms with van der Waals surface area (Å²) in [7, 11) is 2.02. The van der Waals surface area contributed by atoms with Crippen molar-refractivity contribution in [1.82, 2.24) is 4.57 Å². The van der Waals surface area contributed by atoms with Crippen LogP contribution in [-0.2, 0) is 7.05 Å². The Morgan fingerprint density at radius 1 is 1.22 bits per heavy atom. The van der Waals surface area contributed by atoms with Crippen LogP contribution in [0.1, 0.15) is 29.6 Å². The molecular weight excluding hydrogens is 222 g/mol. The molecule has 2 fully saturated rings. The third kappa shape index (κ3) is 1.26. The SMILES string of the molecule is Cn1cc(C(=O)C2C3CCCC32)c2ccccc21. The monoisotopic (exact) mass is 239 g/mol. The van der Waals surface area contributed by atoms with E-state index in [1.807, 2.05) is 25.4 Å². The summed E-state index contributed by atoms with van der Waals surface area (Å²) in [4.78, 5) is 12.6. The molecule has 2 nitrogen and oxygen atoms in total. The summed E-state index contributed by atoms with van der Waals surface area (Å²) in [5.74, 6) is 2.14. The minimum absolute atomic E-state index is 0.338. The van der Waals surface area contributed by atoms with Gasteiger partial charge in [-0.25, -0.2) is 0 Å². The van der Waals surface area contributed by atoms with Crippen LogP contribution in [0.5, 0.6) is 0 Å². The predicted octanol–water partition coefficient (Wildman–Crippen LogP) is 3.41. The lowest BCUT2D eigenvalue weighted by atomic mass is 10.0. The molecule has 2 aliphatic rings. The minimum Gasteiger partial charge on any atom is -0.350 e. The molecule has 0 saturated heterocycles. The largest absolute Gasteiger partial charge is 0.350 e. The zero-order chi connectivity index (χ0) is 12.3. The lowest BCUT2D eigenvalue weighted by molar-refractivity contribution is 0.0953. The van der Waals surface area contributed by atoms with Gasteiger partial charge >= 0.3 is 0 Å². The Hall–Kier alpha value is -1.57. The third-order valence-corrected chi connectivity index (χ3v) is 4.87. The molecule has 1 aromatic heterocycles. The van der Waals surface area contributed by atoms with E-state index >= 15 is 0 Å². The standard InChI is InChI=1S/C16H17NO/c1-17-9-13(10-5-2-3-8-14(10)17)16(18)15-11-6-4-7-12(11)15/h2-3,5,8-9,11-12,15H,4,6-7H2,1H3.